The molecule has 2 atom stereocenters. The van der Waals surface area contributed by atoms with Gasteiger partial charge in [-0.25, -0.2) is 0 Å². The number of rotatable bonds is 7. The van der Waals surface area contributed by atoms with Crippen LogP contribution in [0.25, 0.3) is 0 Å². The molecule has 0 aliphatic rings. The van der Waals surface area contributed by atoms with Gasteiger partial charge >= 0.3 is 15.2 Å². The standard InChI is InChI=1S/C8H16O7P2/c1-4-5-6-7-8(9,16(10,11)14-2)17(12,13)15-3/h1,9H,5-7H2,2-3H3,(H,10,11)(H,12,13). The van der Waals surface area contributed by atoms with E-state index in [1.807, 2.05) is 0 Å². The molecule has 0 saturated heterocycles. The zero-order chi connectivity index (χ0) is 13.7. The highest BCUT2D eigenvalue weighted by atomic mass is 31.2. The monoisotopic (exact) mass is 286 g/mol. The van der Waals surface area contributed by atoms with Crippen LogP contribution in [0.15, 0.2) is 0 Å². The van der Waals surface area contributed by atoms with Gasteiger partial charge in [0, 0.05) is 27.1 Å². The molecule has 0 spiro atoms. The summed E-state index contributed by atoms with van der Waals surface area (Å²) in [6, 6.07) is 0. The van der Waals surface area contributed by atoms with E-state index in [2.05, 4.69) is 15.0 Å². The van der Waals surface area contributed by atoms with Crippen LogP contribution in [0.4, 0.5) is 0 Å². The van der Waals surface area contributed by atoms with Gasteiger partial charge in [0.25, 0.3) is 5.08 Å². The van der Waals surface area contributed by atoms with Gasteiger partial charge in [-0.2, -0.15) is 0 Å². The molecule has 0 rings (SSSR count). The van der Waals surface area contributed by atoms with Crippen molar-refractivity contribution in [1.29, 1.82) is 0 Å². The highest BCUT2D eigenvalue weighted by Crippen LogP contribution is 2.73. The molecule has 0 aromatic carbocycles. The third-order valence-electron chi connectivity index (χ3n) is 2.23. The lowest BCUT2D eigenvalue weighted by Gasteiger charge is -2.32. The Balaban J connectivity index is 5.32. The number of unbranched alkanes of at least 4 members (excludes halogenated alkanes) is 1. The molecule has 0 aromatic rings. The van der Waals surface area contributed by atoms with Gasteiger partial charge < -0.3 is 23.9 Å². The smallest absolute Gasteiger partial charge is 0.368 e. The zero-order valence-corrected chi connectivity index (χ0v) is 11.4. The van der Waals surface area contributed by atoms with Gasteiger partial charge in [-0.15, -0.1) is 12.3 Å². The molecule has 0 aliphatic carbocycles. The van der Waals surface area contributed by atoms with Gasteiger partial charge in [0.1, 0.15) is 0 Å². The average Bonchev–Trinajstić information content (AvgIpc) is 2.28. The summed E-state index contributed by atoms with van der Waals surface area (Å²) in [5.74, 6) is 2.24. The molecule has 100 valence electrons. The summed E-state index contributed by atoms with van der Waals surface area (Å²) in [7, 11) is -7.75. The molecule has 0 amide bonds. The lowest BCUT2D eigenvalue weighted by Crippen LogP contribution is -2.30. The lowest BCUT2D eigenvalue weighted by molar-refractivity contribution is 0.109. The third kappa shape index (κ3) is 3.40. The molecule has 0 radical (unpaired) electrons. The molecule has 0 aliphatic heterocycles. The SMILES string of the molecule is C#CCCCC(O)(P(=O)(O)OC)P(=O)(O)OC. The first kappa shape index (κ1) is 16.8. The molecular formula is C8H16O7P2. The molecule has 0 aromatic heterocycles. The Bertz CT molecular complexity index is 362. The number of aliphatic hydroxyl groups is 1. The van der Waals surface area contributed by atoms with Crippen molar-refractivity contribution in [2.75, 3.05) is 14.2 Å². The molecule has 0 bridgehead atoms. The summed E-state index contributed by atoms with van der Waals surface area (Å²) < 4.78 is 31.7. The summed E-state index contributed by atoms with van der Waals surface area (Å²) in [6.07, 6.45) is 4.75. The van der Waals surface area contributed by atoms with Crippen LogP contribution in [0.2, 0.25) is 0 Å². The Morgan fingerprint density at radius 2 is 1.65 bits per heavy atom. The fourth-order valence-corrected chi connectivity index (χ4v) is 4.40. The highest BCUT2D eigenvalue weighted by molar-refractivity contribution is 7.72. The van der Waals surface area contributed by atoms with Crippen molar-refractivity contribution in [3.63, 3.8) is 0 Å². The minimum atomic E-state index is -4.72. The summed E-state index contributed by atoms with van der Waals surface area (Å²) in [6.45, 7) is 0. The maximum Gasteiger partial charge on any atom is 0.371 e. The quantitative estimate of drug-likeness (QED) is 0.365. The Morgan fingerprint density at radius 1 is 1.24 bits per heavy atom. The first-order valence-electron chi connectivity index (χ1n) is 4.61. The molecule has 0 heterocycles. The summed E-state index contributed by atoms with van der Waals surface area (Å²) >= 11 is 0. The van der Waals surface area contributed by atoms with Crippen LogP contribution in [-0.2, 0) is 18.2 Å². The Labute approximate surface area is 99.8 Å². The zero-order valence-electron chi connectivity index (χ0n) is 9.57. The first-order chi connectivity index (χ1) is 7.68. The molecule has 0 saturated carbocycles. The largest absolute Gasteiger partial charge is 0.371 e. The summed E-state index contributed by atoms with van der Waals surface area (Å²) in [5.41, 5.74) is 0. The van der Waals surface area contributed by atoms with E-state index in [-0.39, 0.29) is 12.8 Å². The first-order valence-corrected chi connectivity index (χ1v) is 7.77. The van der Waals surface area contributed by atoms with Gasteiger partial charge in [0.15, 0.2) is 0 Å². The van der Waals surface area contributed by atoms with Crippen molar-refractivity contribution in [2.24, 2.45) is 0 Å². The number of hydrogen-bond donors (Lipinski definition) is 3. The Hall–Kier alpha value is -0.180. The topological polar surface area (TPSA) is 113 Å². The van der Waals surface area contributed by atoms with Crippen molar-refractivity contribution in [2.45, 2.75) is 24.3 Å². The van der Waals surface area contributed by atoms with E-state index in [0.717, 1.165) is 14.2 Å². The van der Waals surface area contributed by atoms with Crippen molar-refractivity contribution < 1.29 is 33.1 Å². The normalized spacial score (nSPS) is 21.9. The minimum absolute atomic E-state index is 0.0782. The molecule has 17 heavy (non-hydrogen) atoms. The number of terminal acetylenes is 1. The summed E-state index contributed by atoms with van der Waals surface area (Å²) in [5, 5.41) is 7.07. The van der Waals surface area contributed by atoms with Crippen molar-refractivity contribution >= 4 is 15.2 Å². The van der Waals surface area contributed by atoms with Gasteiger partial charge in [0.2, 0.25) is 0 Å². The highest BCUT2D eigenvalue weighted by Gasteiger charge is 2.60. The second kappa shape index (κ2) is 6.12. The maximum atomic E-state index is 11.6. The van der Waals surface area contributed by atoms with E-state index in [1.54, 1.807) is 0 Å². The van der Waals surface area contributed by atoms with Gasteiger partial charge in [0.05, 0.1) is 0 Å². The molecule has 9 heteroatoms. The second-order valence-electron chi connectivity index (χ2n) is 3.24. The molecule has 7 nitrogen and oxygen atoms in total. The third-order valence-corrected chi connectivity index (χ3v) is 7.00. The Morgan fingerprint density at radius 3 is 1.94 bits per heavy atom. The van der Waals surface area contributed by atoms with Crippen molar-refractivity contribution in [3.8, 4) is 12.3 Å². The number of hydrogen-bond acceptors (Lipinski definition) is 5. The van der Waals surface area contributed by atoms with Crippen LogP contribution in [0.1, 0.15) is 19.3 Å². The van der Waals surface area contributed by atoms with Gasteiger partial charge in [-0.05, 0) is 6.42 Å². The maximum absolute atomic E-state index is 11.6. The van der Waals surface area contributed by atoms with Crippen LogP contribution < -0.4 is 0 Å². The van der Waals surface area contributed by atoms with E-state index in [0.29, 0.717) is 0 Å². The van der Waals surface area contributed by atoms with Crippen LogP contribution in [-0.4, -0.2) is 34.2 Å². The van der Waals surface area contributed by atoms with Crippen LogP contribution in [0, 0.1) is 12.3 Å². The molecule has 2 unspecified atom stereocenters. The molecule has 0 fully saturated rings. The van der Waals surface area contributed by atoms with Crippen LogP contribution in [0.5, 0.6) is 0 Å². The minimum Gasteiger partial charge on any atom is -0.368 e. The predicted octanol–water partition coefficient (Wildman–Crippen LogP) is 1.10. The van der Waals surface area contributed by atoms with E-state index in [9.17, 15) is 24.0 Å². The van der Waals surface area contributed by atoms with Crippen molar-refractivity contribution in [3.05, 3.63) is 0 Å². The lowest BCUT2D eigenvalue weighted by atomic mass is 10.2. The van der Waals surface area contributed by atoms with E-state index < -0.39 is 26.7 Å². The van der Waals surface area contributed by atoms with Crippen LogP contribution >= 0.6 is 15.2 Å². The Kier molecular flexibility index (Phi) is 6.06. The average molecular weight is 286 g/mol. The van der Waals surface area contributed by atoms with E-state index in [4.69, 9.17) is 6.42 Å². The van der Waals surface area contributed by atoms with E-state index in [1.165, 1.54) is 0 Å². The van der Waals surface area contributed by atoms with Crippen molar-refractivity contribution in [1.82, 2.24) is 0 Å². The van der Waals surface area contributed by atoms with Crippen LogP contribution in [0.3, 0.4) is 0 Å². The fourth-order valence-electron chi connectivity index (χ4n) is 1.16. The predicted molar refractivity (Wildman–Crippen MR) is 61.3 cm³/mol. The molecular weight excluding hydrogens is 270 g/mol. The molecule has 3 N–H and O–H groups in total. The fraction of sp³-hybridized carbons (Fsp3) is 0.750. The second-order valence-corrected chi connectivity index (χ2v) is 7.88. The van der Waals surface area contributed by atoms with E-state index >= 15 is 0 Å². The van der Waals surface area contributed by atoms with Gasteiger partial charge in [-0.3, -0.25) is 9.13 Å². The summed E-state index contributed by atoms with van der Waals surface area (Å²) in [4.78, 5) is 18.9. The van der Waals surface area contributed by atoms with Gasteiger partial charge in [-0.1, -0.05) is 0 Å².